The third-order valence-electron chi connectivity index (χ3n) is 3.39. The number of hydrogen-bond donors (Lipinski definition) is 2. The van der Waals surface area contributed by atoms with E-state index in [-0.39, 0.29) is 35.3 Å². The van der Waals surface area contributed by atoms with E-state index in [1.54, 1.807) is 0 Å². The number of nitrogens with zero attached hydrogens (tertiary/aromatic N) is 1. The van der Waals surface area contributed by atoms with E-state index in [0.717, 1.165) is 17.9 Å². The van der Waals surface area contributed by atoms with Gasteiger partial charge in [-0.1, -0.05) is 0 Å². The summed E-state index contributed by atoms with van der Waals surface area (Å²) >= 11 is 1.34. The zero-order valence-corrected chi connectivity index (χ0v) is 15.2. The molecule has 1 heterocycles. The minimum Gasteiger partial charge on any atom is -0.378 e. The van der Waals surface area contributed by atoms with Crippen molar-refractivity contribution in [1.82, 2.24) is 5.32 Å². The molecule has 0 aliphatic rings. The van der Waals surface area contributed by atoms with Crippen molar-refractivity contribution in [3.8, 4) is 0 Å². The van der Waals surface area contributed by atoms with Gasteiger partial charge in [-0.05, 0) is 36.1 Å². The average Bonchev–Trinajstić information content (AvgIpc) is 2.96. The number of thiophene rings is 1. The maximum absolute atomic E-state index is 12.0. The van der Waals surface area contributed by atoms with Crippen LogP contribution in [-0.2, 0) is 9.84 Å². The Labute approximate surface area is 148 Å². The molecule has 0 saturated carbocycles. The molecule has 1 amide bonds. The minimum absolute atomic E-state index is 0.119. The van der Waals surface area contributed by atoms with E-state index in [1.807, 2.05) is 18.4 Å². The van der Waals surface area contributed by atoms with Crippen LogP contribution >= 0.6 is 11.3 Å². The number of hydrogen-bond acceptors (Lipinski definition) is 7. The lowest BCUT2D eigenvalue weighted by Crippen LogP contribution is -2.28. The van der Waals surface area contributed by atoms with Crippen LogP contribution in [0.1, 0.15) is 15.2 Å². The largest absolute Gasteiger partial charge is 0.378 e. The van der Waals surface area contributed by atoms with Crippen LogP contribution in [0.4, 0.5) is 11.4 Å². The Balaban J connectivity index is 2.00. The quantitative estimate of drug-likeness (QED) is 0.430. The Kier molecular flexibility index (Phi) is 5.75. The van der Waals surface area contributed by atoms with Crippen molar-refractivity contribution in [2.75, 3.05) is 24.7 Å². The molecule has 0 saturated heterocycles. The van der Waals surface area contributed by atoms with Crippen LogP contribution in [0, 0.1) is 17.0 Å². The standard InChI is InChI=1S/C15H17N3O5S2/c1-10-5-8-24-14(10)15(19)17-7-6-16-12-4-3-11(25(2,22)23)9-13(12)18(20)21/h3-5,8-9,16H,6-7H2,1-2H3,(H,17,19). The highest BCUT2D eigenvalue weighted by Crippen LogP contribution is 2.27. The van der Waals surface area contributed by atoms with Gasteiger partial charge < -0.3 is 10.6 Å². The second kappa shape index (κ2) is 7.62. The van der Waals surface area contributed by atoms with Crippen LogP contribution in [-0.4, -0.2) is 38.6 Å². The van der Waals surface area contributed by atoms with Crippen LogP contribution in [0.5, 0.6) is 0 Å². The van der Waals surface area contributed by atoms with Gasteiger partial charge >= 0.3 is 0 Å². The summed E-state index contributed by atoms with van der Waals surface area (Å²) in [5, 5.41) is 18.5. The zero-order chi connectivity index (χ0) is 18.6. The number of aryl methyl sites for hydroxylation is 1. The smallest absolute Gasteiger partial charge is 0.293 e. The van der Waals surface area contributed by atoms with Crippen molar-refractivity contribution in [2.24, 2.45) is 0 Å². The molecule has 2 N–H and O–H groups in total. The van der Waals surface area contributed by atoms with E-state index in [9.17, 15) is 23.3 Å². The van der Waals surface area contributed by atoms with Crippen LogP contribution in [0.2, 0.25) is 0 Å². The van der Waals surface area contributed by atoms with E-state index >= 15 is 0 Å². The van der Waals surface area contributed by atoms with Crippen molar-refractivity contribution < 1.29 is 18.1 Å². The summed E-state index contributed by atoms with van der Waals surface area (Å²) < 4.78 is 23.0. The average molecular weight is 383 g/mol. The van der Waals surface area contributed by atoms with Crippen LogP contribution in [0.3, 0.4) is 0 Å². The van der Waals surface area contributed by atoms with E-state index < -0.39 is 14.8 Å². The second-order valence-electron chi connectivity index (χ2n) is 5.32. The Hall–Kier alpha value is -2.46. The summed E-state index contributed by atoms with van der Waals surface area (Å²) in [6.45, 7) is 2.37. The third-order valence-corrected chi connectivity index (χ3v) is 5.51. The Bertz CT molecular complexity index is 906. The number of nitro groups is 1. The van der Waals surface area contributed by atoms with Crippen LogP contribution in [0.25, 0.3) is 0 Å². The predicted molar refractivity (Wildman–Crippen MR) is 96.1 cm³/mol. The van der Waals surface area contributed by atoms with Gasteiger partial charge in [-0.15, -0.1) is 11.3 Å². The first-order chi connectivity index (χ1) is 11.7. The van der Waals surface area contributed by atoms with Gasteiger partial charge in [0.15, 0.2) is 9.84 Å². The number of sulfone groups is 1. The number of nitro benzene ring substituents is 1. The molecule has 0 aliphatic carbocycles. The van der Waals surface area contributed by atoms with Crippen molar-refractivity contribution >= 4 is 38.5 Å². The molecule has 25 heavy (non-hydrogen) atoms. The number of benzene rings is 1. The summed E-state index contributed by atoms with van der Waals surface area (Å²) in [5.74, 6) is -0.198. The zero-order valence-electron chi connectivity index (χ0n) is 13.6. The summed E-state index contributed by atoms with van der Waals surface area (Å²) in [7, 11) is -3.53. The lowest BCUT2D eigenvalue weighted by Gasteiger charge is -2.09. The molecular formula is C15H17N3O5S2. The molecule has 0 spiro atoms. The summed E-state index contributed by atoms with van der Waals surface area (Å²) in [6, 6.07) is 5.52. The number of nitrogens with one attached hydrogen (secondary N) is 2. The Morgan fingerprint density at radius 3 is 2.56 bits per heavy atom. The minimum atomic E-state index is -3.53. The molecule has 1 aromatic carbocycles. The van der Waals surface area contributed by atoms with Gasteiger partial charge in [0.25, 0.3) is 11.6 Å². The molecule has 2 aromatic rings. The van der Waals surface area contributed by atoms with Crippen molar-refractivity contribution in [3.05, 3.63) is 50.2 Å². The lowest BCUT2D eigenvalue weighted by atomic mass is 10.2. The molecule has 1 aromatic heterocycles. The lowest BCUT2D eigenvalue weighted by molar-refractivity contribution is -0.384. The number of amides is 1. The Morgan fingerprint density at radius 1 is 1.28 bits per heavy atom. The molecule has 8 nitrogen and oxygen atoms in total. The first kappa shape index (κ1) is 18.9. The first-order valence-electron chi connectivity index (χ1n) is 7.25. The fourth-order valence-corrected chi connectivity index (χ4v) is 3.58. The van der Waals surface area contributed by atoms with Crippen LogP contribution in [0.15, 0.2) is 34.5 Å². The van der Waals surface area contributed by atoms with E-state index in [2.05, 4.69) is 10.6 Å². The number of rotatable bonds is 7. The highest BCUT2D eigenvalue weighted by Gasteiger charge is 2.18. The van der Waals surface area contributed by atoms with Gasteiger partial charge in [0, 0.05) is 25.4 Å². The van der Waals surface area contributed by atoms with Gasteiger partial charge in [0.2, 0.25) is 0 Å². The fraction of sp³-hybridized carbons (Fsp3) is 0.267. The van der Waals surface area contributed by atoms with Crippen molar-refractivity contribution in [2.45, 2.75) is 11.8 Å². The molecule has 0 fully saturated rings. The molecule has 2 rings (SSSR count). The van der Waals surface area contributed by atoms with E-state index in [0.29, 0.717) is 4.88 Å². The van der Waals surface area contributed by atoms with E-state index in [4.69, 9.17) is 0 Å². The molecule has 0 bridgehead atoms. The maximum atomic E-state index is 12.0. The number of carbonyl (C=O) groups excluding carboxylic acids is 1. The molecular weight excluding hydrogens is 366 g/mol. The Morgan fingerprint density at radius 2 is 2.00 bits per heavy atom. The number of carbonyl (C=O) groups is 1. The summed E-state index contributed by atoms with van der Waals surface area (Å²) in [5.41, 5.74) is 0.754. The second-order valence-corrected chi connectivity index (χ2v) is 8.26. The molecule has 0 radical (unpaired) electrons. The summed E-state index contributed by atoms with van der Waals surface area (Å²) in [6.07, 6.45) is 0.987. The maximum Gasteiger partial charge on any atom is 0.293 e. The normalized spacial score (nSPS) is 11.1. The van der Waals surface area contributed by atoms with Gasteiger partial charge in [-0.2, -0.15) is 0 Å². The first-order valence-corrected chi connectivity index (χ1v) is 10.0. The highest BCUT2D eigenvalue weighted by atomic mass is 32.2. The van der Waals surface area contributed by atoms with Crippen molar-refractivity contribution in [1.29, 1.82) is 0 Å². The molecule has 134 valence electrons. The highest BCUT2D eigenvalue weighted by molar-refractivity contribution is 7.90. The molecule has 0 unspecified atom stereocenters. The number of anilines is 1. The van der Waals surface area contributed by atoms with E-state index in [1.165, 1.54) is 23.5 Å². The van der Waals surface area contributed by atoms with Crippen LogP contribution < -0.4 is 10.6 Å². The molecule has 10 heteroatoms. The predicted octanol–water partition coefficient (Wildman–Crippen LogP) is 2.21. The topological polar surface area (TPSA) is 118 Å². The monoisotopic (exact) mass is 383 g/mol. The van der Waals surface area contributed by atoms with Gasteiger partial charge in [-0.3, -0.25) is 14.9 Å². The van der Waals surface area contributed by atoms with Gasteiger partial charge in [-0.25, -0.2) is 8.42 Å². The molecule has 0 atom stereocenters. The molecule has 0 aliphatic heterocycles. The van der Waals surface area contributed by atoms with Gasteiger partial charge in [0.1, 0.15) is 5.69 Å². The summed E-state index contributed by atoms with van der Waals surface area (Å²) in [4.78, 5) is 23.0. The fourth-order valence-electron chi connectivity index (χ4n) is 2.10. The third kappa shape index (κ3) is 4.77. The SMILES string of the molecule is Cc1ccsc1C(=O)NCCNc1ccc(S(C)(=O)=O)cc1[N+](=O)[O-]. The van der Waals surface area contributed by atoms with Gasteiger partial charge in [0.05, 0.1) is 14.7 Å². The van der Waals surface area contributed by atoms with Crippen molar-refractivity contribution in [3.63, 3.8) is 0 Å².